The number of anilines is 2. The Balaban J connectivity index is 1.59. The number of carbonyl (C=O) groups is 1. The summed E-state index contributed by atoms with van der Waals surface area (Å²) in [4.78, 5) is 13.3. The first-order valence-corrected chi connectivity index (χ1v) is 13.2. The van der Waals surface area contributed by atoms with Gasteiger partial charge < -0.3 is 14.8 Å². The van der Waals surface area contributed by atoms with Crippen molar-refractivity contribution in [1.82, 2.24) is 0 Å². The van der Waals surface area contributed by atoms with Crippen molar-refractivity contribution in [3.8, 4) is 11.5 Å². The number of carbonyl (C=O) groups excluding carboxylic acids is 1. The van der Waals surface area contributed by atoms with E-state index in [1.165, 1.54) is 55.1 Å². The number of thiophene rings is 1. The van der Waals surface area contributed by atoms with E-state index in [9.17, 15) is 13.2 Å². The van der Waals surface area contributed by atoms with Crippen LogP contribution >= 0.6 is 34.5 Å². The van der Waals surface area contributed by atoms with Gasteiger partial charge in [0.25, 0.3) is 15.9 Å². The zero-order chi connectivity index (χ0) is 25.3. The standard InChI is InChI=1S/C24H20Cl2N2O5S2/c1-28(35(30,31)17-6-8-21(33-3)19(26)13-17)16-5-9-22-14(10-16)11-23(34-22)24(29)27-15-4-7-20(32-2)18(25)12-15/h4-13H,1-3H3,(H,27,29). The van der Waals surface area contributed by atoms with Crippen LogP contribution in [-0.4, -0.2) is 35.6 Å². The number of fused-ring (bicyclic) bond motifs is 1. The van der Waals surface area contributed by atoms with Crippen LogP contribution in [0.1, 0.15) is 9.67 Å². The molecule has 0 saturated heterocycles. The largest absolute Gasteiger partial charge is 0.495 e. The zero-order valence-electron chi connectivity index (χ0n) is 18.8. The minimum Gasteiger partial charge on any atom is -0.495 e. The lowest BCUT2D eigenvalue weighted by atomic mass is 10.2. The Kier molecular flexibility index (Phi) is 7.14. The number of rotatable bonds is 7. The van der Waals surface area contributed by atoms with Crippen LogP contribution < -0.4 is 19.1 Å². The first kappa shape index (κ1) is 25.1. The maximum Gasteiger partial charge on any atom is 0.265 e. The molecule has 0 bridgehead atoms. The van der Waals surface area contributed by atoms with Crippen molar-refractivity contribution < 1.29 is 22.7 Å². The number of hydrogen-bond acceptors (Lipinski definition) is 6. The number of halogens is 2. The number of ether oxygens (including phenoxy) is 2. The van der Waals surface area contributed by atoms with Crippen molar-refractivity contribution in [3.05, 3.63) is 75.6 Å². The Labute approximate surface area is 216 Å². The van der Waals surface area contributed by atoms with Crippen molar-refractivity contribution in [3.63, 3.8) is 0 Å². The summed E-state index contributed by atoms with van der Waals surface area (Å²) < 4.78 is 38.5. The van der Waals surface area contributed by atoms with Gasteiger partial charge in [-0.3, -0.25) is 9.10 Å². The van der Waals surface area contributed by atoms with Crippen LogP contribution in [0.2, 0.25) is 10.0 Å². The third-order valence-electron chi connectivity index (χ3n) is 5.28. The minimum atomic E-state index is -3.87. The minimum absolute atomic E-state index is 0.0365. The normalized spacial score (nSPS) is 11.3. The second kappa shape index (κ2) is 9.94. The zero-order valence-corrected chi connectivity index (χ0v) is 22.0. The SMILES string of the molecule is COc1ccc(NC(=O)c2cc3cc(N(C)S(=O)(=O)c4ccc(OC)c(Cl)c4)ccc3s2)cc1Cl. The number of amides is 1. The van der Waals surface area contributed by atoms with E-state index in [1.807, 2.05) is 0 Å². The summed E-state index contributed by atoms with van der Waals surface area (Å²) in [6, 6.07) is 16.2. The predicted molar refractivity (Wildman–Crippen MR) is 141 cm³/mol. The molecule has 7 nitrogen and oxygen atoms in total. The molecule has 11 heteroatoms. The van der Waals surface area contributed by atoms with Gasteiger partial charge in [-0.2, -0.15) is 0 Å². The van der Waals surface area contributed by atoms with Gasteiger partial charge in [0.2, 0.25) is 0 Å². The lowest BCUT2D eigenvalue weighted by molar-refractivity contribution is 0.103. The predicted octanol–water partition coefficient (Wildman–Crippen LogP) is 6.30. The maximum absolute atomic E-state index is 13.2. The summed E-state index contributed by atoms with van der Waals surface area (Å²) >= 11 is 13.6. The molecule has 4 aromatic rings. The highest BCUT2D eigenvalue weighted by Gasteiger charge is 2.23. The molecular weight excluding hydrogens is 531 g/mol. The van der Waals surface area contributed by atoms with Gasteiger partial charge in [-0.25, -0.2) is 8.42 Å². The number of sulfonamides is 1. The number of nitrogens with one attached hydrogen (secondary N) is 1. The van der Waals surface area contributed by atoms with Gasteiger partial charge in [0, 0.05) is 17.4 Å². The van der Waals surface area contributed by atoms with E-state index >= 15 is 0 Å². The molecule has 1 heterocycles. The Morgan fingerprint density at radius 3 is 2.20 bits per heavy atom. The molecule has 0 atom stereocenters. The monoisotopic (exact) mass is 550 g/mol. The van der Waals surface area contributed by atoms with Gasteiger partial charge >= 0.3 is 0 Å². The van der Waals surface area contributed by atoms with Crippen LogP contribution in [0.4, 0.5) is 11.4 Å². The quantitative estimate of drug-likeness (QED) is 0.291. The smallest absolute Gasteiger partial charge is 0.265 e. The molecule has 0 aliphatic rings. The van der Waals surface area contributed by atoms with Gasteiger partial charge in [0.1, 0.15) is 11.5 Å². The second-order valence-corrected chi connectivity index (χ2v) is 11.3. The van der Waals surface area contributed by atoms with Crippen LogP contribution in [0, 0.1) is 0 Å². The Hall–Kier alpha value is -2.98. The summed E-state index contributed by atoms with van der Waals surface area (Å²) in [5, 5.41) is 4.13. The Morgan fingerprint density at radius 1 is 0.914 bits per heavy atom. The molecule has 0 spiro atoms. The van der Waals surface area contributed by atoms with Crippen LogP contribution in [-0.2, 0) is 10.0 Å². The van der Waals surface area contributed by atoms with Crippen LogP contribution in [0.5, 0.6) is 11.5 Å². The third-order valence-corrected chi connectivity index (χ3v) is 8.77. The fourth-order valence-electron chi connectivity index (χ4n) is 3.38. The number of hydrogen-bond donors (Lipinski definition) is 1. The van der Waals surface area contributed by atoms with Crippen molar-refractivity contribution in [1.29, 1.82) is 0 Å². The molecule has 0 fully saturated rings. The molecule has 0 saturated carbocycles. The van der Waals surface area contributed by atoms with E-state index in [4.69, 9.17) is 32.7 Å². The van der Waals surface area contributed by atoms with Gasteiger partial charge in [-0.1, -0.05) is 23.2 Å². The molecular formula is C24H20Cl2N2O5S2. The van der Waals surface area contributed by atoms with Crippen molar-refractivity contribution in [2.45, 2.75) is 4.90 Å². The molecule has 35 heavy (non-hydrogen) atoms. The number of methoxy groups -OCH3 is 2. The molecule has 0 unspecified atom stereocenters. The van der Waals surface area contributed by atoms with Crippen molar-refractivity contribution in [2.75, 3.05) is 30.9 Å². The fraction of sp³-hybridized carbons (Fsp3) is 0.125. The molecule has 1 N–H and O–H groups in total. The summed E-state index contributed by atoms with van der Waals surface area (Å²) in [5.41, 5.74) is 0.971. The molecule has 0 aliphatic carbocycles. The molecule has 0 radical (unpaired) electrons. The number of nitrogens with zero attached hydrogens (tertiary/aromatic N) is 1. The molecule has 0 aliphatic heterocycles. The third kappa shape index (κ3) is 5.04. The van der Waals surface area contributed by atoms with Crippen LogP contribution in [0.3, 0.4) is 0 Å². The second-order valence-electron chi connectivity index (χ2n) is 7.41. The maximum atomic E-state index is 13.2. The highest BCUT2D eigenvalue weighted by atomic mass is 35.5. The lowest BCUT2D eigenvalue weighted by Crippen LogP contribution is -2.26. The Bertz CT molecular complexity index is 1540. The highest BCUT2D eigenvalue weighted by Crippen LogP contribution is 2.34. The van der Waals surface area contributed by atoms with E-state index in [0.717, 1.165) is 10.1 Å². The molecule has 3 aromatic carbocycles. The van der Waals surface area contributed by atoms with Crippen LogP contribution in [0.15, 0.2) is 65.6 Å². The van der Waals surface area contributed by atoms with Crippen molar-refractivity contribution in [2.24, 2.45) is 0 Å². The molecule has 1 aromatic heterocycles. The van der Waals surface area contributed by atoms with E-state index in [0.29, 0.717) is 32.8 Å². The van der Waals surface area contributed by atoms with Gasteiger partial charge in [-0.15, -0.1) is 11.3 Å². The van der Waals surface area contributed by atoms with Gasteiger partial charge in [-0.05, 0) is 66.0 Å². The highest BCUT2D eigenvalue weighted by molar-refractivity contribution is 7.92. The van der Waals surface area contributed by atoms with Crippen LogP contribution in [0.25, 0.3) is 10.1 Å². The lowest BCUT2D eigenvalue weighted by Gasteiger charge is -2.20. The van der Waals surface area contributed by atoms with Gasteiger partial charge in [0.15, 0.2) is 0 Å². The summed E-state index contributed by atoms with van der Waals surface area (Å²) in [5.74, 6) is 0.591. The van der Waals surface area contributed by atoms with E-state index in [2.05, 4.69) is 5.32 Å². The summed E-state index contributed by atoms with van der Waals surface area (Å²) in [7, 11) is 0.557. The average molecular weight is 551 g/mol. The molecule has 4 rings (SSSR count). The molecule has 182 valence electrons. The summed E-state index contributed by atoms with van der Waals surface area (Å²) in [6.45, 7) is 0. The first-order chi connectivity index (χ1) is 16.6. The first-order valence-electron chi connectivity index (χ1n) is 10.1. The van der Waals surface area contributed by atoms with E-state index < -0.39 is 10.0 Å². The van der Waals surface area contributed by atoms with E-state index in [-0.39, 0.29) is 15.8 Å². The van der Waals surface area contributed by atoms with Crippen molar-refractivity contribution >= 4 is 71.9 Å². The number of benzene rings is 3. The average Bonchev–Trinajstić information content (AvgIpc) is 3.27. The van der Waals surface area contributed by atoms with E-state index in [1.54, 1.807) is 42.5 Å². The Morgan fingerprint density at radius 2 is 1.57 bits per heavy atom. The summed E-state index contributed by atoms with van der Waals surface area (Å²) in [6.07, 6.45) is 0. The van der Waals surface area contributed by atoms with Gasteiger partial charge in [0.05, 0.1) is 39.7 Å². The fourth-order valence-corrected chi connectivity index (χ4v) is 6.11. The topological polar surface area (TPSA) is 84.9 Å². The molecule has 1 amide bonds.